The van der Waals surface area contributed by atoms with Crippen LogP contribution >= 0.6 is 22.9 Å². The highest BCUT2D eigenvalue weighted by Crippen LogP contribution is 2.38. The van der Waals surface area contributed by atoms with Crippen LogP contribution < -0.4 is 0 Å². The van der Waals surface area contributed by atoms with Crippen LogP contribution in [0.15, 0.2) is 89.3 Å². The van der Waals surface area contributed by atoms with Gasteiger partial charge in [0.05, 0.1) is 5.69 Å². The molecule has 5 heteroatoms. The highest BCUT2D eigenvalue weighted by Gasteiger charge is 2.17. The number of nitrogens with zero attached hydrogens (tertiary/aromatic N) is 2. The first kappa shape index (κ1) is 20.6. The van der Waals surface area contributed by atoms with Crippen molar-refractivity contribution in [3.05, 3.63) is 95.6 Å². The van der Waals surface area contributed by atoms with Gasteiger partial charge in [0.15, 0.2) is 5.82 Å². The van der Waals surface area contributed by atoms with Gasteiger partial charge >= 0.3 is 0 Å². The molecule has 0 N–H and O–H groups in total. The van der Waals surface area contributed by atoms with E-state index < -0.39 is 0 Å². The van der Waals surface area contributed by atoms with Gasteiger partial charge in [-0.1, -0.05) is 73.1 Å². The molecular formula is C30H19ClN2OS. The maximum Gasteiger partial charge on any atom is 0.161 e. The molecule has 0 bridgehead atoms. The summed E-state index contributed by atoms with van der Waals surface area (Å²) in [7, 11) is 0. The molecule has 4 aromatic carbocycles. The van der Waals surface area contributed by atoms with Gasteiger partial charge in [0, 0.05) is 47.6 Å². The summed E-state index contributed by atoms with van der Waals surface area (Å²) >= 11 is 8.51. The second-order valence-corrected chi connectivity index (χ2v) is 10.1. The first-order valence-electron chi connectivity index (χ1n) is 11.6. The Morgan fingerprint density at radius 2 is 1.43 bits per heavy atom. The Morgan fingerprint density at radius 3 is 2.31 bits per heavy atom. The smallest absolute Gasteiger partial charge is 0.161 e. The predicted octanol–water partition coefficient (Wildman–Crippen LogP) is 9.29. The van der Waals surface area contributed by atoms with Gasteiger partial charge in [0.1, 0.15) is 16.3 Å². The number of hydrogen-bond acceptors (Lipinski definition) is 4. The highest BCUT2D eigenvalue weighted by molar-refractivity contribution is 7.25. The van der Waals surface area contributed by atoms with Gasteiger partial charge in [0.25, 0.3) is 0 Å². The third-order valence-electron chi connectivity index (χ3n) is 6.60. The van der Waals surface area contributed by atoms with E-state index in [2.05, 4.69) is 73.7 Å². The van der Waals surface area contributed by atoms with Crippen LogP contribution in [0.3, 0.4) is 0 Å². The molecule has 0 fully saturated rings. The summed E-state index contributed by atoms with van der Waals surface area (Å²) in [5, 5.41) is 5.23. The van der Waals surface area contributed by atoms with E-state index in [-0.39, 0.29) is 0 Å². The molecule has 0 aliphatic carbocycles. The van der Waals surface area contributed by atoms with Crippen LogP contribution in [0.5, 0.6) is 0 Å². The van der Waals surface area contributed by atoms with Crippen molar-refractivity contribution in [3.63, 3.8) is 0 Å². The monoisotopic (exact) mass is 490 g/mol. The Hall–Kier alpha value is -3.73. The lowest BCUT2D eigenvalue weighted by Crippen LogP contribution is -2.00. The Kier molecular flexibility index (Phi) is 4.66. The third kappa shape index (κ3) is 3.25. The van der Waals surface area contributed by atoms with Crippen molar-refractivity contribution < 1.29 is 4.42 Å². The standard InChI is InChI=1S/C30H19ClN2OS/c1-2-19-28(17-11-13-21-20-7-3-5-9-24(20)34-25(21)15-17)32-30(33-29(19)31)18-12-14-23-22-8-4-6-10-26(22)35-27(23)16-18/h3-16H,2H2,1H3. The molecule has 168 valence electrons. The molecule has 0 spiro atoms. The number of benzene rings is 4. The number of furan rings is 1. The van der Waals surface area contributed by atoms with E-state index in [0.717, 1.165) is 50.7 Å². The van der Waals surface area contributed by atoms with Gasteiger partial charge in [-0.2, -0.15) is 0 Å². The molecule has 0 amide bonds. The molecule has 0 atom stereocenters. The normalized spacial score (nSPS) is 11.8. The van der Waals surface area contributed by atoms with Crippen LogP contribution in [0.1, 0.15) is 12.5 Å². The summed E-state index contributed by atoms with van der Waals surface area (Å²) in [5.41, 5.74) is 5.44. The van der Waals surface area contributed by atoms with Crippen molar-refractivity contribution in [2.24, 2.45) is 0 Å². The maximum atomic E-state index is 6.73. The summed E-state index contributed by atoms with van der Waals surface area (Å²) in [5.74, 6) is 0.631. The van der Waals surface area contributed by atoms with Crippen LogP contribution in [0.25, 0.3) is 64.8 Å². The third-order valence-corrected chi connectivity index (χ3v) is 8.05. The molecule has 3 nitrogen and oxygen atoms in total. The van der Waals surface area contributed by atoms with Crippen molar-refractivity contribution in [1.82, 2.24) is 9.97 Å². The quantitative estimate of drug-likeness (QED) is 0.231. The summed E-state index contributed by atoms with van der Waals surface area (Å²) in [6.45, 7) is 2.08. The molecule has 3 heterocycles. The summed E-state index contributed by atoms with van der Waals surface area (Å²) < 4.78 is 8.63. The van der Waals surface area contributed by atoms with Gasteiger partial charge < -0.3 is 4.42 Å². The number of fused-ring (bicyclic) bond motifs is 6. The molecule has 0 unspecified atom stereocenters. The SMILES string of the molecule is CCc1c(Cl)nc(-c2ccc3c(c2)sc2ccccc23)nc1-c1ccc2c(c1)oc1ccccc12. The fourth-order valence-corrected chi connectivity index (χ4v) is 6.32. The van der Waals surface area contributed by atoms with E-state index in [1.54, 1.807) is 11.3 Å². The topological polar surface area (TPSA) is 38.9 Å². The number of hydrogen-bond donors (Lipinski definition) is 0. The number of rotatable bonds is 3. The van der Waals surface area contributed by atoms with Crippen molar-refractivity contribution in [3.8, 4) is 22.6 Å². The van der Waals surface area contributed by atoms with Crippen LogP contribution in [-0.2, 0) is 6.42 Å². The Labute approximate surface area is 210 Å². The average Bonchev–Trinajstić information content (AvgIpc) is 3.45. The molecule has 7 aromatic rings. The van der Waals surface area contributed by atoms with Crippen molar-refractivity contribution >= 4 is 65.0 Å². The minimum atomic E-state index is 0.494. The van der Waals surface area contributed by atoms with E-state index >= 15 is 0 Å². The maximum absolute atomic E-state index is 6.73. The highest BCUT2D eigenvalue weighted by atomic mass is 35.5. The van der Waals surface area contributed by atoms with Gasteiger partial charge in [-0.05, 0) is 36.8 Å². The molecule has 0 aliphatic rings. The van der Waals surface area contributed by atoms with Crippen molar-refractivity contribution in [2.45, 2.75) is 13.3 Å². The van der Waals surface area contributed by atoms with Gasteiger partial charge in [-0.3, -0.25) is 0 Å². The van der Waals surface area contributed by atoms with Gasteiger partial charge in [-0.15, -0.1) is 11.3 Å². The molecule has 0 radical (unpaired) electrons. The number of aromatic nitrogens is 2. The second-order valence-electron chi connectivity index (χ2n) is 8.64. The Bertz CT molecular complexity index is 1920. The van der Waals surface area contributed by atoms with Crippen molar-refractivity contribution in [2.75, 3.05) is 0 Å². The van der Waals surface area contributed by atoms with Crippen LogP contribution in [0, 0.1) is 0 Å². The fourth-order valence-electron chi connectivity index (χ4n) is 4.88. The Balaban J connectivity index is 1.41. The lowest BCUT2D eigenvalue weighted by Gasteiger charge is -2.12. The molecule has 3 aromatic heterocycles. The first-order chi connectivity index (χ1) is 17.2. The molecule has 35 heavy (non-hydrogen) atoms. The van der Waals surface area contributed by atoms with Crippen LogP contribution in [-0.4, -0.2) is 9.97 Å². The molecule has 0 saturated heterocycles. The summed E-state index contributed by atoms with van der Waals surface area (Å²) in [6, 6.07) is 29.3. The van der Waals surface area contributed by atoms with Crippen LogP contribution in [0.4, 0.5) is 0 Å². The van der Waals surface area contributed by atoms with Gasteiger partial charge in [-0.25, -0.2) is 9.97 Å². The molecule has 0 saturated carbocycles. The largest absolute Gasteiger partial charge is 0.456 e. The van der Waals surface area contributed by atoms with E-state index in [1.807, 2.05) is 18.2 Å². The van der Waals surface area contributed by atoms with Crippen molar-refractivity contribution in [1.29, 1.82) is 0 Å². The fraction of sp³-hybridized carbons (Fsp3) is 0.0667. The van der Waals surface area contributed by atoms with E-state index in [9.17, 15) is 0 Å². The lowest BCUT2D eigenvalue weighted by atomic mass is 10.0. The molecule has 7 rings (SSSR count). The molecule has 0 aliphatic heterocycles. The summed E-state index contributed by atoms with van der Waals surface area (Å²) in [6.07, 6.45) is 0.738. The first-order valence-corrected chi connectivity index (χ1v) is 12.8. The van der Waals surface area contributed by atoms with E-state index in [0.29, 0.717) is 11.0 Å². The zero-order chi connectivity index (χ0) is 23.5. The van der Waals surface area contributed by atoms with Gasteiger partial charge in [0.2, 0.25) is 0 Å². The van der Waals surface area contributed by atoms with Crippen LogP contribution in [0.2, 0.25) is 5.15 Å². The Morgan fingerprint density at radius 1 is 0.714 bits per heavy atom. The minimum Gasteiger partial charge on any atom is -0.456 e. The number of halogens is 1. The number of thiophene rings is 1. The zero-order valence-electron chi connectivity index (χ0n) is 18.9. The summed E-state index contributed by atoms with van der Waals surface area (Å²) in [4.78, 5) is 9.73. The average molecular weight is 491 g/mol. The lowest BCUT2D eigenvalue weighted by molar-refractivity contribution is 0.669. The molecular weight excluding hydrogens is 472 g/mol. The van der Waals surface area contributed by atoms with E-state index in [4.69, 9.17) is 26.0 Å². The van der Waals surface area contributed by atoms with E-state index in [1.165, 1.54) is 20.2 Å². The minimum absolute atomic E-state index is 0.494. The second kappa shape index (κ2) is 7.91. The zero-order valence-corrected chi connectivity index (χ0v) is 20.5. The predicted molar refractivity (Wildman–Crippen MR) is 147 cm³/mol. The number of para-hydroxylation sites is 1.